The van der Waals surface area contributed by atoms with Gasteiger partial charge < -0.3 is 10.8 Å². The zero-order valence-electron chi connectivity index (χ0n) is 14.1. The molecule has 1 aliphatic rings. The summed E-state index contributed by atoms with van der Waals surface area (Å²) < 4.78 is 28.5. The molecule has 0 spiro atoms. The molecule has 0 atom stereocenters. The van der Waals surface area contributed by atoms with Gasteiger partial charge in [-0.05, 0) is 24.6 Å². The van der Waals surface area contributed by atoms with E-state index in [0.717, 1.165) is 5.56 Å². The van der Waals surface area contributed by atoms with Gasteiger partial charge in [0.1, 0.15) is 6.33 Å². The minimum Gasteiger partial charge on any atom is -0.396 e. The van der Waals surface area contributed by atoms with Crippen LogP contribution in [0.1, 0.15) is 5.56 Å². The van der Waals surface area contributed by atoms with Crippen LogP contribution in [0.5, 0.6) is 0 Å². The number of rotatable bonds is 4. The van der Waals surface area contributed by atoms with Crippen LogP contribution in [0.25, 0.3) is 16.9 Å². The number of sulfonamides is 1. The molecule has 1 fully saturated rings. The van der Waals surface area contributed by atoms with E-state index in [4.69, 9.17) is 10.8 Å². The molecule has 1 aromatic carbocycles. The number of imidazole rings is 1. The van der Waals surface area contributed by atoms with Crippen LogP contribution in [0.3, 0.4) is 0 Å². The van der Waals surface area contributed by atoms with Gasteiger partial charge in [-0.2, -0.15) is 9.40 Å². The molecule has 136 valence electrons. The molecule has 4 rings (SSSR count). The first-order valence-corrected chi connectivity index (χ1v) is 9.52. The Balaban J connectivity index is 1.79. The smallest absolute Gasteiger partial charge is 0.243 e. The standard InChI is InChI=1S/C16H18N6O3S/c1-10-2-3-12(26(24,25)21-6-11(7-21)8-23)4-13(10)14-5-18-16-15(17)19-9-20-22(14)16/h2-5,9,11,23H,6-8H2,1H3,(H2,17,19,20). The zero-order chi connectivity index (χ0) is 18.5. The van der Waals surface area contributed by atoms with Crippen LogP contribution in [0.2, 0.25) is 0 Å². The Morgan fingerprint density at radius 1 is 1.31 bits per heavy atom. The lowest BCUT2D eigenvalue weighted by Gasteiger charge is -2.37. The molecule has 3 heterocycles. The van der Waals surface area contributed by atoms with Crippen molar-refractivity contribution in [2.45, 2.75) is 11.8 Å². The number of aryl methyl sites for hydroxylation is 1. The first-order chi connectivity index (χ1) is 12.4. The Bertz CT molecular complexity index is 1090. The van der Waals surface area contributed by atoms with E-state index < -0.39 is 10.0 Å². The van der Waals surface area contributed by atoms with Gasteiger partial charge in [-0.3, -0.25) is 0 Å². The van der Waals surface area contributed by atoms with Gasteiger partial charge >= 0.3 is 0 Å². The van der Waals surface area contributed by atoms with Crippen molar-refractivity contribution >= 4 is 21.5 Å². The molecule has 0 saturated carbocycles. The summed E-state index contributed by atoms with van der Waals surface area (Å²) in [6.45, 7) is 2.55. The maximum absolute atomic E-state index is 12.8. The second-order valence-electron chi connectivity index (χ2n) is 6.37. The largest absolute Gasteiger partial charge is 0.396 e. The summed E-state index contributed by atoms with van der Waals surface area (Å²) >= 11 is 0. The molecule has 3 N–H and O–H groups in total. The van der Waals surface area contributed by atoms with Gasteiger partial charge in [0.15, 0.2) is 11.5 Å². The predicted molar refractivity (Wildman–Crippen MR) is 94.7 cm³/mol. The molecule has 0 radical (unpaired) electrons. The Morgan fingerprint density at radius 2 is 2.08 bits per heavy atom. The summed E-state index contributed by atoms with van der Waals surface area (Å²) in [5, 5.41) is 13.3. The van der Waals surface area contributed by atoms with E-state index in [0.29, 0.717) is 30.0 Å². The number of nitrogen functional groups attached to an aromatic ring is 1. The van der Waals surface area contributed by atoms with Gasteiger partial charge in [0.05, 0.1) is 16.8 Å². The number of fused-ring (bicyclic) bond motifs is 1. The van der Waals surface area contributed by atoms with E-state index in [9.17, 15) is 8.42 Å². The highest BCUT2D eigenvalue weighted by Crippen LogP contribution is 2.30. The molecule has 26 heavy (non-hydrogen) atoms. The average molecular weight is 374 g/mol. The minimum atomic E-state index is -3.60. The zero-order valence-corrected chi connectivity index (χ0v) is 14.9. The van der Waals surface area contributed by atoms with Gasteiger partial charge in [0, 0.05) is 31.2 Å². The Labute approximate surface area is 150 Å². The monoisotopic (exact) mass is 374 g/mol. The van der Waals surface area contributed by atoms with Crippen molar-refractivity contribution in [1.29, 1.82) is 0 Å². The van der Waals surface area contributed by atoms with Gasteiger partial charge in [0.25, 0.3) is 0 Å². The third-order valence-corrected chi connectivity index (χ3v) is 6.46. The van der Waals surface area contributed by atoms with Crippen molar-refractivity contribution < 1.29 is 13.5 Å². The highest BCUT2D eigenvalue weighted by Gasteiger charge is 2.36. The number of hydrogen-bond donors (Lipinski definition) is 2. The molecule has 0 amide bonds. The number of aliphatic hydroxyl groups is 1. The SMILES string of the molecule is Cc1ccc(S(=O)(=O)N2CC(CO)C2)cc1-c1cnc2c(N)ncnn12. The molecule has 0 aliphatic carbocycles. The van der Waals surface area contributed by atoms with Crippen LogP contribution in [-0.2, 0) is 10.0 Å². The van der Waals surface area contributed by atoms with Gasteiger partial charge in [-0.1, -0.05) is 6.07 Å². The van der Waals surface area contributed by atoms with E-state index in [1.165, 1.54) is 10.6 Å². The quantitative estimate of drug-likeness (QED) is 0.672. The highest BCUT2D eigenvalue weighted by molar-refractivity contribution is 7.89. The average Bonchev–Trinajstić information content (AvgIpc) is 2.99. The lowest BCUT2D eigenvalue weighted by atomic mass is 10.1. The summed E-state index contributed by atoms with van der Waals surface area (Å²) in [6, 6.07) is 4.97. The van der Waals surface area contributed by atoms with Crippen molar-refractivity contribution in [2.24, 2.45) is 5.92 Å². The van der Waals surface area contributed by atoms with Gasteiger partial charge in [-0.15, -0.1) is 0 Å². The van der Waals surface area contributed by atoms with Crippen molar-refractivity contribution in [1.82, 2.24) is 23.9 Å². The fourth-order valence-electron chi connectivity index (χ4n) is 3.04. The van der Waals surface area contributed by atoms with E-state index in [2.05, 4.69) is 15.1 Å². The molecule has 2 aromatic heterocycles. The van der Waals surface area contributed by atoms with Gasteiger partial charge in [0.2, 0.25) is 10.0 Å². The number of nitrogens with zero attached hydrogens (tertiary/aromatic N) is 5. The Morgan fingerprint density at radius 3 is 2.81 bits per heavy atom. The first-order valence-electron chi connectivity index (χ1n) is 8.08. The van der Waals surface area contributed by atoms with E-state index >= 15 is 0 Å². The summed E-state index contributed by atoms with van der Waals surface area (Å²) in [4.78, 5) is 8.35. The molecule has 0 bridgehead atoms. The van der Waals surface area contributed by atoms with Crippen molar-refractivity contribution in [3.05, 3.63) is 36.3 Å². The molecule has 1 saturated heterocycles. The third kappa shape index (κ3) is 2.54. The number of aliphatic hydroxyl groups excluding tert-OH is 1. The van der Waals surface area contributed by atoms with Gasteiger partial charge in [-0.25, -0.2) is 22.9 Å². The first kappa shape index (κ1) is 16.9. The number of anilines is 1. The summed E-state index contributed by atoms with van der Waals surface area (Å²) in [6.07, 6.45) is 2.93. The fraction of sp³-hybridized carbons (Fsp3) is 0.312. The molecule has 9 nitrogen and oxygen atoms in total. The number of benzene rings is 1. The molecule has 0 unspecified atom stereocenters. The normalized spacial score (nSPS) is 16.1. The topological polar surface area (TPSA) is 127 Å². The summed E-state index contributed by atoms with van der Waals surface area (Å²) in [5.74, 6) is 0.261. The summed E-state index contributed by atoms with van der Waals surface area (Å²) in [5.41, 5.74) is 8.47. The van der Waals surface area contributed by atoms with Crippen molar-refractivity contribution in [3.63, 3.8) is 0 Å². The minimum absolute atomic E-state index is 0.00584. The van der Waals surface area contributed by atoms with E-state index in [1.807, 2.05) is 6.92 Å². The number of nitrogens with two attached hydrogens (primary N) is 1. The highest BCUT2D eigenvalue weighted by atomic mass is 32.2. The maximum atomic E-state index is 12.8. The molecule has 10 heteroatoms. The number of hydrogen-bond acceptors (Lipinski definition) is 7. The third-order valence-electron chi connectivity index (χ3n) is 4.64. The van der Waals surface area contributed by atoms with Crippen LogP contribution in [-0.4, -0.2) is 57.1 Å². The van der Waals surface area contributed by atoms with Crippen LogP contribution < -0.4 is 5.73 Å². The summed E-state index contributed by atoms with van der Waals surface area (Å²) in [7, 11) is -3.60. The molecule has 1 aliphatic heterocycles. The molecular formula is C16H18N6O3S. The Kier molecular flexibility index (Phi) is 3.90. The second kappa shape index (κ2) is 6.01. The lowest BCUT2D eigenvalue weighted by molar-refractivity contribution is 0.117. The van der Waals surface area contributed by atoms with Crippen LogP contribution in [0.15, 0.2) is 35.6 Å². The second-order valence-corrected chi connectivity index (χ2v) is 8.31. The maximum Gasteiger partial charge on any atom is 0.243 e. The number of aromatic nitrogens is 4. The van der Waals surface area contributed by atoms with E-state index in [-0.39, 0.29) is 23.2 Å². The van der Waals surface area contributed by atoms with E-state index in [1.54, 1.807) is 28.9 Å². The molecular weight excluding hydrogens is 356 g/mol. The van der Waals surface area contributed by atoms with Crippen molar-refractivity contribution in [2.75, 3.05) is 25.4 Å². The predicted octanol–water partition coefficient (Wildman–Crippen LogP) is 0.295. The van der Waals surface area contributed by atoms with Crippen LogP contribution in [0.4, 0.5) is 5.82 Å². The van der Waals surface area contributed by atoms with Crippen molar-refractivity contribution in [3.8, 4) is 11.3 Å². The fourth-order valence-corrected chi connectivity index (χ4v) is 4.66. The molecule has 3 aromatic rings. The lowest BCUT2D eigenvalue weighted by Crippen LogP contribution is -2.51. The van der Waals surface area contributed by atoms with Crippen LogP contribution >= 0.6 is 0 Å². The Hall–Kier alpha value is -2.56. The van der Waals surface area contributed by atoms with Crippen LogP contribution in [0, 0.1) is 12.8 Å².